The molecule has 0 aliphatic heterocycles. The molecule has 130 valence electrons. The second-order valence-corrected chi connectivity index (χ2v) is 7.99. The number of methoxy groups -OCH3 is 1. The zero-order valence-electron chi connectivity index (χ0n) is 14.0. The number of pyridine rings is 1. The van der Waals surface area contributed by atoms with Crippen LogP contribution in [0.1, 0.15) is 37.7 Å². The number of rotatable bonds is 8. The fourth-order valence-corrected chi connectivity index (χ4v) is 4.55. The SMILES string of the molecule is COCCN(Cc1cccnc1)S(=O)(=O)N(C)C1CCCCC1. The van der Waals surface area contributed by atoms with Gasteiger partial charge in [0, 0.05) is 45.7 Å². The Morgan fingerprint density at radius 1 is 1.30 bits per heavy atom. The molecule has 23 heavy (non-hydrogen) atoms. The van der Waals surface area contributed by atoms with E-state index in [1.807, 2.05) is 12.1 Å². The van der Waals surface area contributed by atoms with Gasteiger partial charge >= 0.3 is 0 Å². The van der Waals surface area contributed by atoms with Crippen molar-refractivity contribution in [3.05, 3.63) is 30.1 Å². The summed E-state index contributed by atoms with van der Waals surface area (Å²) in [6.07, 6.45) is 8.69. The summed E-state index contributed by atoms with van der Waals surface area (Å²) in [5.41, 5.74) is 0.879. The monoisotopic (exact) mass is 341 g/mol. The fraction of sp³-hybridized carbons (Fsp3) is 0.688. The second-order valence-electron chi connectivity index (χ2n) is 6.00. The molecule has 0 spiro atoms. The summed E-state index contributed by atoms with van der Waals surface area (Å²) < 4.78 is 34.2. The summed E-state index contributed by atoms with van der Waals surface area (Å²) in [5, 5.41) is 0. The van der Waals surface area contributed by atoms with Gasteiger partial charge in [-0.2, -0.15) is 17.0 Å². The van der Waals surface area contributed by atoms with E-state index < -0.39 is 10.2 Å². The van der Waals surface area contributed by atoms with E-state index in [0.717, 1.165) is 31.2 Å². The molecule has 7 heteroatoms. The van der Waals surface area contributed by atoms with E-state index in [1.165, 1.54) is 10.7 Å². The van der Waals surface area contributed by atoms with Crippen LogP contribution in [-0.4, -0.2) is 55.4 Å². The van der Waals surface area contributed by atoms with Gasteiger partial charge in [-0.25, -0.2) is 0 Å². The minimum Gasteiger partial charge on any atom is -0.383 e. The maximum Gasteiger partial charge on any atom is 0.282 e. The van der Waals surface area contributed by atoms with Crippen LogP contribution >= 0.6 is 0 Å². The predicted octanol–water partition coefficient (Wildman–Crippen LogP) is 2.04. The van der Waals surface area contributed by atoms with Gasteiger partial charge in [-0.1, -0.05) is 25.3 Å². The molecule has 0 atom stereocenters. The van der Waals surface area contributed by atoms with Crippen molar-refractivity contribution in [2.75, 3.05) is 27.3 Å². The van der Waals surface area contributed by atoms with Gasteiger partial charge in [0.05, 0.1) is 6.61 Å². The fourth-order valence-electron chi connectivity index (χ4n) is 2.98. The molecule has 0 N–H and O–H groups in total. The van der Waals surface area contributed by atoms with Crippen molar-refractivity contribution >= 4 is 10.2 Å². The van der Waals surface area contributed by atoms with Crippen LogP contribution in [0.3, 0.4) is 0 Å². The summed E-state index contributed by atoms with van der Waals surface area (Å²) in [7, 11) is -0.226. The second kappa shape index (κ2) is 8.73. The van der Waals surface area contributed by atoms with E-state index in [0.29, 0.717) is 19.7 Å². The van der Waals surface area contributed by atoms with E-state index in [-0.39, 0.29) is 6.04 Å². The lowest BCUT2D eigenvalue weighted by atomic mass is 9.96. The normalized spacial score (nSPS) is 17.0. The molecular formula is C16H27N3O3S. The average Bonchev–Trinajstić information content (AvgIpc) is 2.59. The molecule has 1 heterocycles. The van der Waals surface area contributed by atoms with Crippen molar-refractivity contribution in [3.63, 3.8) is 0 Å². The van der Waals surface area contributed by atoms with Gasteiger partial charge in [-0.3, -0.25) is 4.98 Å². The predicted molar refractivity (Wildman–Crippen MR) is 90.1 cm³/mol. The summed E-state index contributed by atoms with van der Waals surface area (Å²) in [6, 6.07) is 3.82. The lowest BCUT2D eigenvalue weighted by molar-refractivity contribution is 0.171. The van der Waals surface area contributed by atoms with Gasteiger partial charge in [0.15, 0.2) is 0 Å². The van der Waals surface area contributed by atoms with Gasteiger partial charge in [0.1, 0.15) is 0 Å². The van der Waals surface area contributed by atoms with Crippen molar-refractivity contribution in [2.45, 2.75) is 44.7 Å². The third-order valence-electron chi connectivity index (χ3n) is 4.41. The lowest BCUT2D eigenvalue weighted by Gasteiger charge is -2.34. The van der Waals surface area contributed by atoms with Gasteiger partial charge in [0.2, 0.25) is 0 Å². The summed E-state index contributed by atoms with van der Waals surface area (Å²) in [5.74, 6) is 0. The number of aromatic nitrogens is 1. The molecule has 2 rings (SSSR count). The van der Waals surface area contributed by atoms with Crippen LogP contribution < -0.4 is 0 Å². The molecule has 1 aliphatic rings. The number of nitrogens with zero attached hydrogens (tertiary/aromatic N) is 3. The van der Waals surface area contributed by atoms with E-state index >= 15 is 0 Å². The number of ether oxygens (including phenoxy) is 1. The van der Waals surface area contributed by atoms with Crippen LogP contribution in [0.2, 0.25) is 0 Å². The Bertz CT molecular complexity index is 559. The molecule has 0 aromatic carbocycles. The highest BCUT2D eigenvalue weighted by molar-refractivity contribution is 7.86. The van der Waals surface area contributed by atoms with Crippen molar-refractivity contribution in [3.8, 4) is 0 Å². The molecule has 0 unspecified atom stereocenters. The van der Waals surface area contributed by atoms with Crippen molar-refractivity contribution in [2.24, 2.45) is 0 Å². The van der Waals surface area contributed by atoms with Crippen LogP contribution in [0.5, 0.6) is 0 Å². The minimum atomic E-state index is -3.51. The molecule has 0 saturated heterocycles. The van der Waals surface area contributed by atoms with Crippen molar-refractivity contribution in [1.29, 1.82) is 0 Å². The third kappa shape index (κ3) is 4.97. The topological polar surface area (TPSA) is 62.7 Å². The van der Waals surface area contributed by atoms with Crippen LogP contribution in [0, 0.1) is 0 Å². The molecule has 1 aromatic heterocycles. The van der Waals surface area contributed by atoms with Gasteiger partial charge < -0.3 is 4.74 Å². The Labute approximate surface area is 139 Å². The molecule has 0 amide bonds. The summed E-state index contributed by atoms with van der Waals surface area (Å²) >= 11 is 0. The molecule has 6 nitrogen and oxygen atoms in total. The van der Waals surface area contributed by atoms with Crippen LogP contribution in [0.4, 0.5) is 0 Å². The Hall–Kier alpha value is -1.02. The van der Waals surface area contributed by atoms with Crippen LogP contribution in [0.25, 0.3) is 0 Å². The number of hydrogen-bond donors (Lipinski definition) is 0. The van der Waals surface area contributed by atoms with Gasteiger partial charge in [-0.15, -0.1) is 0 Å². The highest BCUT2D eigenvalue weighted by Gasteiger charge is 2.32. The molecule has 1 aliphatic carbocycles. The highest BCUT2D eigenvalue weighted by Crippen LogP contribution is 2.25. The highest BCUT2D eigenvalue weighted by atomic mass is 32.2. The third-order valence-corrected chi connectivity index (χ3v) is 6.40. The first-order valence-electron chi connectivity index (χ1n) is 8.16. The van der Waals surface area contributed by atoms with Crippen molar-refractivity contribution < 1.29 is 13.2 Å². The van der Waals surface area contributed by atoms with Gasteiger partial charge in [-0.05, 0) is 24.5 Å². The zero-order valence-corrected chi connectivity index (χ0v) is 14.8. The molecule has 0 radical (unpaired) electrons. The minimum absolute atomic E-state index is 0.104. The zero-order chi connectivity index (χ0) is 16.7. The molecule has 1 fully saturated rings. The Balaban J connectivity index is 2.14. The first kappa shape index (κ1) is 18.3. The first-order valence-corrected chi connectivity index (χ1v) is 9.56. The molecule has 0 bridgehead atoms. The van der Waals surface area contributed by atoms with Crippen LogP contribution in [-0.2, 0) is 21.5 Å². The molecular weight excluding hydrogens is 314 g/mol. The van der Waals surface area contributed by atoms with E-state index in [4.69, 9.17) is 4.74 Å². The lowest BCUT2D eigenvalue weighted by Crippen LogP contribution is -2.47. The van der Waals surface area contributed by atoms with Crippen LogP contribution in [0.15, 0.2) is 24.5 Å². The van der Waals surface area contributed by atoms with E-state index in [2.05, 4.69) is 4.98 Å². The van der Waals surface area contributed by atoms with Gasteiger partial charge in [0.25, 0.3) is 10.2 Å². The summed E-state index contributed by atoms with van der Waals surface area (Å²) in [4.78, 5) is 4.07. The first-order chi connectivity index (χ1) is 11.1. The Morgan fingerprint density at radius 3 is 2.65 bits per heavy atom. The smallest absolute Gasteiger partial charge is 0.282 e. The maximum atomic E-state index is 13.0. The largest absolute Gasteiger partial charge is 0.383 e. The molecule has 1 saturated carbocycles. The standard InChI is InChI=1S/C16H27N3O3S/c1-18(16-8-4-3-5-9-16)23(20,21)19(11-12-22-2)14-15-7-6-10-17-13-15/h6-7,10,13,16H,3-5,8-9,11-12,14H2,1-2H3. The Kier molecular flexibility index (Phi) is 6.95. The Morgan fingerprint density at radius 2 is 2.04 bits per heavy atom. The van der Waals surface area contributed by atoms with E-state index in [1.54, 1.807) is 30.9 Å². The van der Waals surface area contributed by atoms with E-state index in [9.17, 15) is 8.42 Å². The quantitative estimate of drug-likeness (QED) is 0.726. The summed E-state index contributed by atoms with van der Waals surface area (Å²) in [6.45, 7) is 1.03. The molecule has 1 aromatic rings. The number of hydrogen-bond acceptors (Lipinski definition) is 4. The average molecular weight is 341 g/mol. The maximum absolute atomic E-state index is 13.0. The van der Waals surface area contributed by atoms with Crippen molar-refractivity contribution in [1.82, 2.24) is 13.6 Å².